The number of hydrogen-bond donors (Lipinski definition) is 2. The highest BCUT2D eigenvalue weighted by Crippen LogP contribution is 2.26. The Kier molecular flexibility index (Phi) is 5.55. The van der Waals surface area contributed by atoms with Gasteiger partial charge in [0.2, 0.25) is 10.0 Å². The van der Waals surface area contributed by atoms with Crippen molar-refractivity contribution in [3.8, 4) is 10.6 Å². The van der Waals surface area contributed by atoms with Gasteiger partial charge >= 0.3 is 0 Å². The van der Waals surface area contributed by atoms with E-state index in [1.54, 1.807) is 25.3 Å². The molecule has 2 N–H and O–H groups in total. The molecule has 2 aromatic rings. The molecule has 25 heavy (non-hydrogen) atoms. The molecule has 0 aliphatic carbocycles. The molecule has 1 saturated heterocycles. The second kappa shape index (κ2) is 7.51. The molecule has 1 aromatic carbocycles. The molecule has 1 aliphatic heterocycles. The molecule has 0 radical (unpaired) electrons. The third-order valence-electron chi connectivity index (χ3n) is 4.36. The molecule has 1 unspecified atom stereocenters. The summed E-state index contributed by atoms with van der Waals surface area (Å²) >= 11 is 1.51. The Labute approximate surface area is 152 Å². The largest absolute Gasteiger partial charge is 0.383 e. The van der Waals surface area contributed by atoms with Crippen LogP contribution in [0.1, 0.15) is 18.5 Å². The monoisotopic (exact) mass is 381 g/mol. The van der Waals surface area contributed by atoms with E-state index in [1.807, 2.05) is 18.4 Å². The lowest BCUT2D eigenvalue weighted by Crippen LogP contribution is -2.52. The quantitative estimate of drug-likeness (QED) is 0.768. The van der Waals surface area contributed by atoms with E-state index >= 15 is 0 Å². The third kappa shape index (κ3) is 4.27. The minimum atomic E-state index is -3.60. The molecular weight excluding hydrogens is 358 g/mol. The molecule has 3 rings (SSSR count). The number of aromatic nitrogens is 1. The van der Waals surface area contributed by atoms with E-state index in [1.165, 1.54) is 11.3 Å². The number of methoxy groups -OCH3 is 1. The molecule has 136 valence electrons. The van der Waals surface area contributed by atoms with Crippen molar-refractivity contribution >= 4 is 21.4 Å². The summed E-state index contributed by atoms with van der Waals surface area (Å²) in [5.74, 6) is 0. The Morgan fingerprint density at radius 2 is 2.28 bits per heavy atom. The van der Waals surface area contributed by atoms with Crippen molar-refractivity contribution in [1.29, 1.82) is 0 Å². The first-order valence-electron chi connectivity index (χ1n) is 8.20. The predicted molar refractivity (Wildman–Crippen MR) is 99.3 cm³/mol. The first kappa shape index (κ1) is 18.5. The van der Waals surface area contributed by atoms with Gasteiger partial charge in [-0.15, -0.1) is 11.3 Å². The zero-order chi connectivity index (χ0) is 17.9. The van der Waals surface area contributed by atoms with Crippen LogP contribution in [0.25, 0.3) is 10.6 Å². The summed E-state index contributed by atoms with van der Waals surface area (Å²) in [6.07, 6.45) is 1.91. The number of nitrogens with one attached hydrogen (secondary N) is 2. The molecule has 1 atom stereocenters. The van der Waals surface area contributed by atoms with Gasteiger partial charge in [-0.2, -0.15) is 0 Å². The maximum absolute atomic E-state index is 12.7. The van der Waals surface area contributed by atoms with E-state index in [0.717, 1.165) is 35.7 Å². The Hall–Kier alpha value is -1.32. The molecular formula is C17H23N3O3S2. The molecule has 2 heterocycles. The molecule has 0 amide bonds. The summed E-state index contributed by atoms with van der Waals surface area (Å²) in [5, 5.41) is 6.15. The number of thiazole rings is 1. The van der Waals surface area contributed by atoms with Crippen molar-refractivity contribution in [2.75, 3.05) is 26.8 Å². The lowest BCUT2D eigenvalue weighted by atomic mass is 9.99. The van der Waals surface area contributed by atoms with Crippen molar-refractivity contribution in [1.82, 2.24) is 15.0 Å². The van der Waals surface area contributed by atoms with Crippen molar-refractivity contribution in [2.24, 2.45) is 0 Å². The minimum absolute atomic E-state index is 0.253. The maximum atomic E-state index is 12.7. The number of hydrogen-bond acceptors (Lipinski definition) is 6. The number of rotatable bonds is 7. The molecule has 8 heteroatoms. The van der Waals surface area contributed by atoms with Crippen molar-refractivity contribution in [2.45, 2.75) is 30.2 Å². The second-order valence-electron chi connectivity index (χ2n) is 6.39. The molecule has 0 bridgehead atoms. The van der Waals surface area contributed by atoms with E-state index < -0.39 is 10.0 Å². The average molecular weight is 382 g/mol. The van der Waals surface area contributed by atoms with Crippen LogP contribution in [0.2, 0.25) is 0 Å². The molecule has 1 fully saturated rings. The molecule has 0 spiro atoms. The summed E-state index contributed by atoms with van der Waals surface area (Å²) in [7, 11) is -1.96. The number of benzene rings is 1. The van der Waals surface area contributed by atoms with Gasteiger partial charge in [0.1, 0.15) is 5.01 Å². The zero-order valence-corrected chi connectivity index (χ0v) is 16.0. The van der Waals surface area contributed by atoms with Crippen LogP contribution < -0.4 is 10.0 Å². The van der Waals surface area contributed by atoms with E-state index in [0.29, 0.717) is 13.2 Å². The van der Waals surface area contributed by atoms with Gasteiger partial charge in [0.05, 0.1) is 17.0 Å². The lowest BCUT2D eigenvalue weighted by Gasteiger charge is -2.28. The van der Waals surface area contributed by atoms with Gasteiger partial charge in [0.25, 0.3) is 0 Å². The maximum Gasteiger partial charge on any atom is 0.240 e. The van der Waals surface area contributed by atoms with Crippen LogP contribution in [0.3, 0.4) is 0 Å². The van der Waals surface area contributed by atoms with E-state index in [4.69, 9.17) is 4.74 Å². The van der Waals surface area contributed by atoms with Gasteiger partial charge < -0.3 is 10.1 Å². The number of nitrogens with zero attached hydrogens (tertiary/aromatic N) is 1. The average Bonchev–Trinajstić information content (AvgIpc) is 3.24. The molecule has 0 saturated carbocycles. The summed E-state index contributed by atoms with van der Waals surface area (Å²) in [6, 6.07) is 6.91. The Morgan fingerprint density at radius 3 is 2.92 bits per heavy atom. The highest BCUT2D eigenvalue weighted by atomic mass is 32.2. The molecule has 6 nitrogen and oxygen atoms in total. The predicted octanol–water partition coefficient (Wildman–Crippen LogP) is 2.17. The zero-order valence-electron chi connectivity index (χ0n) is 14.4. The van der Waals surface area contributed by atoms with Crippen LogP contribution in [0.15, 0.2) is 34.5 Å². The lowest BCUT2D eigenvalue weighted by molar-refractivity contribution is 0.122. The van der Waals surface area contributed by atoms with E-state index in [2.05, 4.69) is 15.0 Å². The van der Waals surface area contributed by atoms with Crippen molar-refractivity contribution in [3.05, 3.63) is 35.3 Å². The minimum Gasteiger partial charge on any atom is -0.383 e. The standard InChI is InChI=1S/C17H23N3O3S2/c1-13-10-24-16(20-13)14-5-3-6-15(9-14)25(21,22)19-11-17(12-23-2)7-4-8-18-17/h3,5-6,9-10,18-19H,4,7-8,11-12H2,1-2H3. The normalized spacial score (nSPS) is 20.9. The first-order valence-corrected chi connectivity index (χ1v) is 10.6. The summed E-state index contributed by atoms with van der Waals surface area (Å²) in [5.41, 5.74) is 1.41. The summed E-state index contributed by atoms with van der Waals surface area (Å²) < 4.78 is 33.5. The Balaban J connectivity index is 1.78. The SMILES string of the molecule is COCC1(CNS(=O)(=O)c2cccc(-c3nc(C)cs3)c2)CCCN1. The first-order chi connectivity index (χ1) is 11.9. The Morgan fingerprint density at radius 1 is 1.44 bits per heavy atom. The van der Waals surface area contributed by atoms with Crippen LogP contribution in [0.5, 0.6) is 0 Å². The van der Waals surface area contributed by atoms with Gasteiger partial charge in [-0.3, -0.25) is 0 Å². The fourth-order valence-electron chi connectivity index (χ4n) is 3.07. The third-order valence-corrected chi connectivity index (χ3v) is 6.77. The van der Waals surface area contributed by atoms with Gasteiger partial charge in [-0.05, 0) is 38.4 Å². The fourth-order valence-corrected chi connectivity index (χ4v) is 5.04. The highest BCUT2D eigenvalue weighted by molar-refractivity contribution is 7.89. The van der Waals surface area contributed by atoms with Gasteiger partial charge in [-0.1, -0.05) is 12.1 Å². The van der Waals surface area contributed by atoms with Crippen molar-refractivity contribution < 1.29 is 13.2 Å². The summed E-state index contributed by atoms with van der Waals surface area (Å²) in [4.78, 5) is 4.68. The second-order valence-corrected chi connectivity index (χ2v) is 9.02. The van der Waals surface area contributed by atoms with E-state index in [9.17, 15) is 8.42 Å². The smallest absolute Gasteiger partial charge is 0.240 e. The topological polar surface area (TPSA) is 80.3 Å². The van der Waals surface area contributed by atoms with Crippen LogP contribution in [0.4, 0.5) is 0 Å². The van der Waals surface area contributed by atoms with Gasteiger partial charge in [-0.25, -0.2) is 18.1 Å². The molecule has 1 aromatic heterocycles. The number of ether oxygens (including phenoxy) is 1. The number of aryl methyl sites for hydroxylation is 1. The molecule has 1 aliphatic rings. The van der Waals surface area contributed by atoms with Crippen LogP contribution in [0, 0.1) is 6.92 Å². The fraction of sp³-hybridized carbons (Fsp3) is 0.471. The van der Waals surface area contributed by atoms with Crippen LogP contribution in [-0.2, 0) is 14.8 Å². The van der Waals surface area contributed by atoms with Gasteiger partial charge in [0.15, 0.2) is 0 Å². The van der Waals surface area contributed by atoms with Crippen LogP contribution >= 0.6 is 11.3 Å². The Bertz CT molecular complexity index is 827. The summed E-state index contributed by atoms with van der Waals surface area (Å²) in [6.45, 7) is 3.59. The highest BCUT2D eigenvalue weighted by Gasteiger charge is 2.34. The van der Waals surface area contributed by atoms with Crippen molar-refractivity contribution in [3.63, 3.8) is 0 Å². The van der Waals surface area contributed by atoms with Gasteiger partial charge in [0, 0.05) is 30.3 Å². The van der Waals surface area contributed by atoms with Crippen LogP contribution in [-0.4, -0.2) is 45.7 Å². The van der Waals surface area contributed by atoms with E-state index in [-0.39, 0.29) is 10.4 Å². The number of sulfonamides is 1.